The van der Waals surface area contributed by atoms with Gasteiger partial charge < -0.3 is 15.2 Å². The van der Waals surface area contributed by atoms with E-state index in [2.05, 4.69) is 5.32 Å². The van der Waals surface area contributed by atoms with E-state index in [4.69, 9.17) is 9.84 Å². The second-order valence-electron chi connectivity index (χ2n) is 6.11. The van der Waals surface area contributed by atoms with Gasteiger partial charge in [0.2, 0.25) is 0 Å². The maximum atomic E-state index is 11.6. The second-order valence-corrected chi connectivity index (χ2v) is 6.11. The summed E-state index contributed by atoms with van der Waals surface area (Å²) in [7, 11) is 0. The molecule has 0 saturated carbocycles. The monoisotopic (exact) mass is 259 g/mol. The Morgan fingerprint density at radius 3 is 1.78 bits per heavy atom. The molecule has 18 heavy (non-hydrogen) atoms. The number of amides is 1. The molecule has 0 saturated heterocycles. The van der Waals surface area contributed by atoms with Crippen molar-refractivity contribution in [3.63, 3.8) is 0 Å². The summed E-state index contributed by atoms with van der Waals surface area (Å²) in [6, 6.07) is -1.13. The molecule has 0 spiro atoms. The molecule has 1 atom stereocenters. The number of hydrogen-bond donors (Lipinski definition) is 2. The van der Waals surface area contributed by atoms with Gasteiger partial charge in [-0.25, -0.2) is 9.59 Å². The summed E-state index contributed by atoms with van der Waals surface area (Å²) in [5.74, 6) is -2.64. The van der Waals surface area contributed by atoms with Gasteiger partial charge in [-0.2, -0.15) is 0 Å². The highest BCUT2D eigenvalue weighted by Gasteiger charge is 2.37. The van der Waals surface area contributed by atoms with Crippen molar-refractivity contribution in [2.75, 3.05) is 0 Å². The predicted molar refractivity (Wildman–Crippen MR) is 65.3 cm³/mol. The van der Waals surface area contributed by atoms with Gasteiger partial charge in [-0.15, -0.1) is 0 Å². The number of aliphatic carboxylic acids is 1. The summed E-state index contributed by atoms with van der Waals surface area (Å²) in [6.45, 7) is 10.0. The van der Waals surface area contributed by atoms with Crippen molar-refractivity contribution in [3.8, 4) is 0 Å². The first-order valence-electron chi connectivity index (χ1n) is 5.61. The van der Waals surface area contributed by atoms with E-state index < -0.39 is 34.9 Å². The summed E-state index contributed by atoms with van der Waals surface area (Å²) in [6.07, 6.45) is -0.808. The quantitative estimate of drug-likeness (QED) is 0.750. The fourth-order valence-corrected chi connectivity index (χ4v) is 1.22. The zero-order valence-electron chi connectivity index (χ0n) is 11.7. The van der Waals surface area contributed by atoms with Gasteiger partial charge in [0.05, 0.1) is 0 Å². The number of Topliss-reactive ketones (excluding diaryl/α,β-unsaturated/α-hetero) is 1. The third-order valence-corrected chi connectivity index (χ3v) is 2.00. The van der Waals surface area contributed by atoms with Crippen LogP contribution in [0.15, 0.2) is 0 Å². The van der Waals surface area contributed by atoms with E-state index in [0.717, 1.165) is 0 Å². The minimum Gasteiger partial charge on any atom is -0.475 e. The van der Waals surface area contributed by atoms with Gasteiger partial charge in [0.25, 0.3) is 5.78 Å². The molecule has 104 valence electrons. The van der Waals surface area contributed by atoms with Crippen LogP contribution in [0.2, 0.25) is 0 Å². The van der Waals surface area contributed by atoms with E-state index in [1.807, 2.05) is 0 Å². The fraction of sp³-hybridized carbons (Fsp3) is 0.750. The zero-order chi connectivity index (χ0) is 14.7. The molecule has 0 aliphatic rings. The number of ketones is 1. The summed E-state index contributed by atoms with van der Waals surface area (Å²) < 4.78 is 5.00. The summed E-state index contributed by atoms with van der Waals surface area (Å²) in [4.78, 5) is 33.8. The molecular weight excluding hydrogens is 238 g/mol. The third-order valence-electron chi connectivity index (χ3n) is 2.00. The Kier molecular flexibility index (Phi) is 4.90. The second kappa shape index (κ2) is 5.37. The molecular formula is C12H21NO5. The fourth-order valence-electron chi connectivity index (χ4n) is 1.22. The number of carboxylic acid groups (broad SMARTS) is 1. The van der Waals surface area contributed by atoms with Crippen LogP contribution >= 0.6 is 0 Å². The molecule has 0 aromatic heterocycles. The Hall–Kier alpha value is -1.59. The van der Waals surface area contributed by atoms with Crippen molar-refractivity contribution in [1.29, 1.82) is 0 Å². The lowest BCUT2D eigenvalue weighted by molar-refractivity contribution is -0.151. The van der Waals surface area contributed by atoms with Crippen molar-refractivity contribution in [1.82, 2.24) is 5.32 Å². The Bertz CT molecular complexity index is 348. The maximum Gasteiger partial charge on any atom is 0.408 e. The van der Waals surface area contributed by atoms with Crippen LogP contribution in [0.1, 0.15) is 41.5 Å². The van der Waals surface area contributed by atoms with Gasteiger partial charge >= 0.3 is 12.1 Å². The molecule has 0 aliphatic carbocycles. The molecule has 0 aromatic carbocycles. The van der Waals surface area contributed by atoms with E-state index in [1.54, 1.807) is 41.5 Å². The highest BCUT2D eigenvalue weighted by atomic mass is 16.6. The van der Waals surface area contributed by atoms with E-state index in [1.165, 1.54) is 0 Å². The number of hydrogen-bond acceptors (Lipinski definition) is 4. The zero-order valence-corrected chi connectivity index (χ0v) is 11.7. The summed E-state index contributed by atoms with van der Waals surface area (Å²) in [5.41, 5.74) is -1.43. The number of carboxylic acids is 1. The molecule has 0 radical (unpaired) electrons. The number of carbonyl (C=O) groups excluding carboxylic acids is 2. The Balaban J connectivity index is 4.89. The van der Waals surface area contributed by atoms with Gasteiger partial charge in [0.1, 0.15) is 11.6 Å². The molecule has 0 heterocycles. The van der Waals surface area contributed by atoms with Crippen molar-refractivity contribution >= 4 is 17.8 Å². The highest BCUT2D eigenvalue weighted by molar-refractivity contribution is 6.35. The van der Waals surface area contributed by atoms with Crippen LogP contribution in [0.4, 0.5) is 4.79 Å². The number of rotatable bonds is 3. The molecule has 2 N–H and O–H groups in total. The molecule has 0 rings (SSSR count). The van der Waals surface area contributed by atoms with Crippen LogP contribution in [-0.2, 0) is 14.3 Å². The normalized spacial score (nSPS) is 13.7. The number of nitrogens with one attached hydrogen (secondary N) is 1. The molecule has 0 fully saturated rings. The lowest BCUT2D eigenvalue weighted by Gasteiger charge is -2.30. The van der Waals surface area contributed by atoms with Gasteiger partial charge in [-0.05, 0) is 26.2 Å². The van der Waals surface area contributed by atoms with Gasteiger partial charge in [0, 0.05) is 0 Å². The Morgan fingerprint density at radius 1 is 1.06 bits per heavy atom. The highest BCUT2D eigenvalue weighted by Crippen LogP contribution is 2.20. The van der Waals surface area contributed by atoms with E-state index in [9.17, 15) is 14.4 Å². The average Bonchev–Trinajstić information content (AvgIpc) is 2.08. The van der Waals surface area contributed by atoms with Crippen molar-refractivity contribution < 1.29 is 24.2 Å². The molecule has 0 aromatic rings. The first kappa shape index (κ1) is 16.4. The predicted octanol–water partition coefficient (Wildman–Crippen LogP) is 1.58. The topological polar surface area (TPSA) is 92.7 Å². The van der Waals surface area contributed by atoms with Gasteiger partial charge in [0.15, 0.2) is 0 Å². The lowest BCUT2D eigenvalue weighted by atomic mass is 9.84. The maximum absolute atomic E-state index is 11.6. The Morgan fingerprint density at radius 2 is 1.50 bits per heavy atom. The average molecular weight is 259 g/mol. The first-order chi connectivity index (χ1) is 7.84. The van der Waals surface area contributed by atoms with Crippen LogP contribution in [0, 0.1) is 5.41 Å². The number of carbonyl (C=O) groups is 3. The first-order valence-corrected chi connectivity index (χ1v) is 5.61. The Labute approximate surface area is 107 Å². The number of ether oxygens (including phenoxy) is 1. The van der Waals surface area contributed by atoms with Crippen LogP contribution < -0.4 is 5.32 Å². The van der Waals surface area contributed by atoms with Crippen molar-refractivity contribution in [2.24, 2.45) is 5.41 Å². The van der Waals surface area contributed by atoms with Crippen LogP contribution in [-0.4, -0.2) is 34.6 Å². The minimum atomic E-state index is -1.58. The molecule has 0 bridgehead atoms. The lowest BCUT2D eigenvalue weighted by Crippen LogP contribution is -2.52. The molecule has 1 amide bonds. The number of alkyl carbamates (subject to hydrolysis) is 1. The molecule has 0 aliphatic heterocycles. The SMILES string of the molecule is CC(C)(C)OC(=O)NC(C(=O)C(=O)O)C(C)(C)C. The largest absolute Gasteiger partial charge is 0.475 e. The van der Waals surface area contributed by atoms with Gasteiger partial charge in [-0.1, -0.05) is 20.8 Å². The summed E-state index contributed by atoms with van der Waals surface area (Å²) >= 11 is 0. The third kappa shape index (κ3) is 5.65. The molecule has 1 unspecified atom stereocenters. The van der Waals surface area contributed by atoms with E-state index >= 15 is 0 Å². The minimum absolute atomic E-state index is 0.710. The van der Waals surface area contributed by atoms with Crippen LogP contribution in [0.3, 0.4) is 0 Å². The van der Waals surface area contributed by atoms with Crippen molar-refractivity contribution in [2.45, 2.75) is 53.2 Å². The molecule has 6 nitrogen and oxygen atoms in total. The van der Waals surface area contributed by atoms with E-state index in [-0.39, 0.29) is 0 Å². The summed E-state index contributed by atoms with van der Waals surface area (Å²) in [5, 5.41) is 11.0. The van der Waals surface area contributed by atoms with Crippen molar-refractivity contribution in [3.05, 3.63) is 0 Å². The van der Waals surface area contributed by atoms with Crippen LogP contribution in [0.5, 0.6) is 0 Å². The van der Waals surface area contributed by atoms with Crippen LogP contribution in [0.25, 0.3) is 0 Å². The van der Waals surface area contributed by atoms with E-state index in [0.29, 0.717) is 0 Å². The smallest absolute Gasteiger partial charge is 0.408 e. The standard InChI is InChI=1S/C12H21NO5/c1-11(2,3)8(7(14)9(15)16)13-10(17)18-12(4,5)6/h8H,1-6H3,(H,13,17)(H,15,16). The van der Waals surface area contributed by atoms with Gasteiger partial charge in [-0.3, -0.25) is 4.79 Å². The molecule has 6 heteroatoms.